The van der Waals surface area contributed by atoms with Crippen molar-refractivity contribution in [1.29, 1.82) is 0 Å². The largest absolute Gasteiger partial charge is 0.350 e. The Balaban J connectivity index is 1.83. The van der Waals surface area contributed by atoms with E-state index in [-0.39, 0.29) is 28.5 Å². The van der Waals surface area contributed by atoms with E-state index >= 15 is 0 Å². The van der Waals surface area contributed by atoms with Gasteiger partial charge in [0.25, 0.3) is 11.5 Å². The van der Waals surface area contributed by atoms with E-state index in [4.69, 9.17) is 0 Å². The molecule has 0 radical (unpaired) electrons. The summed E-state index contributed by atoms with van der Waals surface area (Å²) in [5.74, 6) is -0.320. The first kappa shape index (κ1) is 22.4. The monoisotopic (exact) mass is 423 g/mol. The van der Waals surface area contributed by atoms with Crippen LogP contribution in [0.2, 0.25) is 0 Å². The number of rotatable bonds is 8. The number of amides is 1. The van der Waals surface area contributed by atoms with Gasteiger partial charge in [-0.15, -0.1) is 0 Å². The quantitative estimate of drug-likeness (QED) is 0.578. The zero-order chi connectivity index (χ0) is 22.5. The topological polar surface area (TPSA) is 100 Å². The first-order valence-corrected chi connectivity index (χ1v) is 10.5. The summed E-state index contributed by atoms with van der Waals surface area (Å²) in [5, 5.41) is 3.16. The smallest absolute Gasteiger partial charge is 0.329 e. The minimum absolute atomic E-state index is 0.00130. The number of benzene rings is 1. The Morgan fingerprint density at radius 3 is 2.52 bits per heavy atom. The van der Waals surface area contributed by atoms with Crippen molar-refractivity contribution in [2.75, 3.05) is 20.6 Å². The van der Waals surface area contributed by atoms with Gasteiger partial charge in [0.2, 0.25) is 0 Å². The number of aromatic nitrogens is 3. The number of fused-ring (bicyclic) bond motifs is 1. The van der Waals surface area contributed by atoms with E-state index in [0.717, 1.165) is 18.4 Å². The van der Waals surface area contributed by atoms with Gasteiger partial charge in [0.15, 0.2) is 0 Å². The molecule has 0 spiro atoms. The first-order valence-electron chi connectivity index (χ1n) is 10.5. The van der Waals surface area contributed by atoms with E-state index in [1.54, 1.807) is 0 Å². The highest BCUT2D eigenvalue weighted by atomic mass is 16.2. The lowest BCUT2D eigenvalue weighted by Gasteiger charge is -2.25. The minimum atomic E-state index is -0.545. The molecule has 3 aromatic rings. The van der Waals surface area contributed by atoms with Crippen LogP contribution in [0.4, 0.5) is 0 Å². The average molecular weight is 424 g/mol. The lowest BCUT2D eigenvalue weighted by atomic mass is 10.0. The molecule has 0 aliphatic carbocycles. The molecule has 31 heavy (non-hydrogen) atoms. The van der Waals surface area contributed by atoms with Crippen LogP contribution in [0.25, 0.3) is 11.0 Å². The zero-order valence-corrected chi connectivity index (χ0v) is 18.4. The van der Waals surface area contributed by atoms with Gasteiger partial charge >= 0.3 is 5.69 Å². The summed E-state index contributed by atoms with van der Waals surface area (Å²) in [7, 11) is 3.93. The molecule has 2 N–H and O–H groups in total. The number of likely N-dealkylation sites (N-methyl/N-ethyl adjacent to an activating group) is 1. The van der Waals surface area contributed by atoms with Crippen LogP contribution in [0.15, 0.2) is 46.1 Å². The van der Waals surface area contributed by atoms with Crippen LogP contribution in [0.5, 0.6) is 0 Å². The van der Waals surface area contributed by atoms with Crippen LogP contribution in [-0.4, -0.2) is 46.0 Å². The molecule has 0 aliphatic rings. The lowest BCUT2D eigenvalue weighted by Crippen LogP contribution is -2.35. The third-order valence-electron chi connectivity index (χ3n) is 5.39. The average Bonchev–Trinajstić information content (AvgIpc) is 2.76. The summed E-state index contributed by atoms with van der Waals surface area (Å²) in [4.78, 5) is 45.7. The van der Waals surface area contributed by atoms with E-state index in [1.165, 1.54) is 22.4 Å². The third-order valence-corrected chi connectivity index (χ3v) is 5.39. The van der Waals surface area contributed by atoms with Crippen molar-refractivity contribution in [3.05, 3.63) is 74.1 Å². The van der Waals surface area contributed by atoms with Crippen LogP contribution in [0.3, 0.4) is 0 Å². The molecule has 0 saturated carbocycles. The second-order valence-corrected chi connectivity index (χ2v) is 7.79. The summed E-state index contributed by atoms with van der Waals surface area (Å²) < 4.78 is 1.42. The number of carbonyl (C=O) groups is 1. The molecular weight excluding hydrogens is 394 g/mol. The van der Waals surface area contributed by atoms with Gasteiger partial charge in [0, 0.05) is 19.3 Å². The zero-order valence-electron chi connectivity index (χ0n) is 18.4. The van der Waals surface area contributed by atoms with Gasteiger partial charge in [-0.1, -0.05) is 38.1 Å². The first-order chi connectivity index (χ1) is 14.8. The van der Waals surface area contributed by atoms with E-state index in [9.17, 15) is 14.4 Å². The van der Waals surface area contributed by atoms with Crippen molar-refractivity contribution >= 4 is 16.9 Å². The molecule has 0 bridgehead atoms. The van der Waals surface area contributed by atoms with Crippen molar-refractivity contribution in [3.63, 3.8) is 0 Å². The Kier molecular flexibility index (Phi) is 7.02. The molecule has 0 saturated heterocycles. The Morgan fingerprint density at radius 1 is 1.19 bits per heavy atom. The highest BCUT2D eigenvalue weighted by Crippen LogP contribution is 2.18. The second-order valence-electron chi connectivity index (χ2n) is 7.79. The number of aryl methyl sites for hydroxylation is 2. The molecule has 8 heteroatoms. The number of carbonyl (C=O) groups excluding carboxylic acids is 1. The fourth-order valence-corrected chi connectivity index (χ4v) is 3.59. The number of H-pyrrole nitrogens is 1. The van der Waals surface area contributed by atoms with Crippen molar-refractivity contribution in [2.24, 2.45) is 0 Å². The molecule has 1 amide bonds. The standard InChI is InChI=1S/C23H29N5O3/c1-5-11-28-20-18(22(30)26-23(28)31)12-17(13-24-20)21(29)25-14-19(27(3)4)16-9-7-15(6-2)8-10-16/h7-10,12-13,19H,5-6,11,14H2,1-4H3,(H,25,29)(H,26,30,31)/t19-/m1/s1. The molecule has 164 valence electrons. The molecule has 0 fully saturated rings. The number of nitrogens with one attached hydrogen (secondary N) is 2. The van der Waals surface area contributed by atoms with Gasteiger partial charge in [-0.3, -0.25) is 19.1 Å². The SMILES string of the molecule is CCCn1c(=O)[nH]c(=O)c2cc(C(=O)NC[C@H](c3ccc(CC)cc3)N(C)C)cnc21. The summed E-state index contributed by atoms with van der Waals surface area (Å²) in [6.45, 7) is 4.89. The van der Waals surface area contributed by atoms with Crippen LogP contribution in [0.1, 0.15) is 47.8 Å². The van der Waals surface area contributed by atoms with Gasteiger partial charge in [-0.2, -0.15) is 0 Å². The van der Waals surface area contributed by atoms with E-state index in [1.807, 2.05) is 25.9 Å². The second kappa shape index (κ2) is 9.70. The number of nitrogens with zero attached hydrogens (tertiary/aromatic N) is 3. The highest BCUT2D eigenvalue weighted by Gasteiger charge is 2.17. The van der Waals surface area contributed by atoms with Crippen molar-refractivity contribution in [1.82, 2.24) is 24.8 Å². The van der Waals surface area contributed by atoms with Crippen LogP contribution in [0, 0.1) is 0 Å². The van der Waals surface area contributed by atoms with Crippen molar-refractivity contribution in [3.8, 4) is 0 Å². The van der Waals surface area contributed by atoms with Crippen LogP contribution >= 0.6 is 0 Å². The van der Waals surface area contributed by atoms with Crippen LogP contribution in [-0.2, 0) is 13.0 Å². The molecule has 2 heterocycles. The Labute approximate surface area is 180 Å². The van der Waals surface area contributed by atoms with E-state index in [2.05, 4.69) is 46.5 Å². The number of hydrogen-bond donors (Lipinski definition) is 2. The summed E-state index contributed by atoms with van der Waals surface area (Å²) >= 11 is 0. The third kappa shape index (κ3) is 4.91. The molecule has 0 unspecified atom stereocenters. The molecule has 1 atom stereocenters. The predicted molar refractivity (Wildman–Crippen MR) is 121 cm³/mol. The number of aromatic amines is 1. The van der Waals surface area contributed by atoms with E-state index < -0.39 is 11.2 Å². The van der Waals surface area contributed by atoms with Crippen LogP contribution < -0.4 is 16.6 Å². The van der Waals surface area contributed by atoms with E-state index in [0.29, 0.717) is 13.1 Å². The van der Waals surface area contributed by atoms with Gasteiger partial charge in [-0.25, -0.2) is 9.78 Å². The summed E-state index contributed by atoms with van der Waals surface area (Å²) in [5.41, 5.74) is 1.90. The number of hydrogen-bond acceptors (Lipinski definition) is 5. The normalized spacial score (nSPS) is 12.3. The molecule has 0 aliphatic heterocycles. The lowest BCUT2D eigenvalue weighted by molar-refractivity contribution is 0.0941. The summed E-state index contributed by atoms with van der Waals surface area (Å²) in [6.07, 6.45) is 3.10. The fraction of sp³-hybridized carbons (Fsp3) is 0.391. The minimum Gasteiger partial charge on any atom is -0.350 e. The fourth-order valence-electron chi connectivity index (χ4n) is 3.59. The molecular formula is C23H29N5O3. The maximum Gasteiger partial charge on any atom is 0.329 e. The molecule has 1 aromatic carbocycles. The highest BCUT2D eigenvalue weighted by molar-refractivity contribution is 5.96. The number of pyridine rings is 1. The molecule has 3 rings (SSSR count). The Bertz CT molecular complexity index is 1180. The van der Waals surface area contributed by atoms with Gasteiger partial charge < -0.3 is 10.2 Å². The Hall–Kier alpha value is -3.26. The Morgan fingerprint density at radius 2 is 1.90 bits per heavy atom. The van der Waals surface area contributed by atoms with Crippen molar-refractivity contribution < 1.29 is 4.79 Å². The molecule has 8 nitrogen and oxygen atoms in total. The predicted octanol–water partition coefficient (Wildman–Crippen LogP) is 2.09. The summed E-state index contributed by atoms with van der Waals surface area (Å²) in [6, 6.07) is 9.86. The van der Waals surface area contributed by atoms with Gasteiger partial charge in [0.05, 0.1) is 17.0 Å². The maximum atomic E-state index is 12.8. The van der Waals surface area contributed by atoms with Gasteiger partial charge in [-0.05, 0) is 44.1 Å². The van der Waals surface area contributed by atoms with Gasteiger partial charge in [0.1, 0.15) is 5.65 Å². The molecule has 2 aromatic heterocycles. The van der Waals surface area contributed by atoms with Crippen molar-refractivity contribution in [2.45, 2.75) is 39.3 Å². The maximum absolute atomic E-state index is 12.8.